The molecule has 1 unspecified atom stereocenters. The maximum atomic E-state index is 14.7. The van der Waals surface area contributed by atoms with Crippen LogP contribution >= 0.6 is 0 Å². The average molecular weight is 584 g/mol. The SMILES string of the molecule is CCOc1ccccc1N(CC(=O)N(Cc1ccccc1F)C(C)C(=O)NC(C)(C)C)S(=O)(=O)c1ccc(C)cc1. The third-order valence-corrected chi connectivity index (χ3v) is 8.06. The fraction of sp³-hybridized carbons (Fsp3) is 0.355. The maximum Gasteiger partial charge on any atom is 0.264 e. The molecule has 0 bridgehead atoms. The number of sulfonamides is 1. The topological polar surface area (TPSA) is 96.0 Å². The van der Waals surface area contributed by atoms with Crippen molar-refractivity contribution in [2.75, 3.05) is 17.5 Å². The number of anilines is 1. The van der Waals surface area contributed by atoms with Crippen molar-refractivity contribution in [1.29, 1.82) is 0 Å². The van der Waals surface area contributed by atoms with Gasteiger partial charge in [0, 0.05) is 17.6 Å². The summed E-state index contributed by atoms with van der Waals surface area (Å²) in [6.07, 6.45) is 0. The number of halogens is 1. The van der Waals surface area contributed by atoms with Crippen LogP contribution in [0.15, 0.2) is 77.7 Å². The van der Waals surface area contributed by atoms with Crippen LogP contribution in [0, 0.1) is 12.7 Å². The largest absolute Gasteiger partial charge is 0.492 e. The molecular weight excluding hydrogens is 545 g/mol. The predicted octanol–water partition coefficient (Wildman–Crippen LogP) is 5.06. The zero-order valence-electron chi connectivity index (χ0n) is 24.3. The minimum absolute atomic E-state index is 0.0126. The summed E-state index contributed by atoms with van der Waals surface area (Å²) in [5.74, 6) is -1.41. The second-order valence-corrected chi connectivity index (χ2v) is 12.6. The highest BCUT2D eigenvalue weighted by Crippen LogP contribution is 2.33. The summed E-state index contributed by atoms with van der Waals surface area (Å²) in [4.78, 5) is 28.4. The maximum absolute atomic E-state index is 14.7. The molecule has 8 nitrogen and oxygen atoms in total. The van der Waals surface area contributed by atoms with Crippen LogP contribution in [0.25, 0.3) is 0 Å². The molecule has 0 heterocycles. The summed E-state index contributed by atoms with van der Waals surface area (Å²) >= 11 is 0. The highest BCUT2D eigenvalue weighted by Gasteiger charge is 2.34. The van der Waals surface area contributed by atoms with Gasteiger partial charge in [-0.1, -0.05) is 48.0 Å². The van der Waals surface area contributed by atoms with Crippen molar-refractivity contribution in [3.8, 4) is 5.75 Å². The van der Waals surface area contributed by atoms with E-state index in [1.165, 1.54) is 42.2 Å². The van der Waals surface area contributed by atoms with Gasteiger partial charge in [0.05, 0.1) is 17.2 Å². The lowest BCUT2D eigenvalue weighted by Crippen LogP contribution is -2.54. The number of nitrogens with one attached hydrogen (secondary N) is 1. The van der Waals surface area contributed by atoms with Crippen molar-refractivity contribution in [3.63, 3.8) is 0 Å². The summed E-state index contributed by atoms with van der Waals surface area (Å²) in [6, 6.07) is 17.7. The van der Waals surface area contributed by atoms with Gasteiger partial charge in [0.1, 0.15) is 24.2 Å². The van der Waals surface area contributed by atoms with E-state index in [0.29, 0.717) is 0 Å². The normalized spacial score (nSPS) is 12.4. The van der Waals surface area contributed by atoms with Gasteiger partial charge < -0.3 is 15.0 Å². The number of para-hydroxylation sites is 2. The van der Waals surface area contributed by atoms with E-state index in [2.05, 4.69) is 5.32 Å². The van der Waals surface area contributed by atoms with Crippen LogP contribution in [-0.2, 0) is 26.2 Å². The van der Waals surface area contributed by atoms with Crippen molar-refractivity contribution in [3.05, 3.63) is 89.7 Å². The Labute approximate surface area is 242 Å². The Morgan fingerprint density at radius 1 is 0.976 bits per heavy atom. The van der Waals surface area contributed by atoms with Crippen molar-refractivity contribution in [2.45, 2.75) is 64.6 Å². The summed E-state index contributed by atoms with van der Waals surface area (Å²) in [5.41, 5.74) is 0.644. The van der Waals surface area contributed by atoms with Crippen LogP contribution in [0.5, 0.6) is 5.75 Å². The monoisotopic (exact) mass is 583 g/mol. The third-order valence-electron chi connectivity index (χ3n) is 6.29. The number of benzene rings is 3. The van der Waals surface area contributed by atoms with Crippen molar-refractivity contribution in [2.24, 2.45) is 0 Å². The Balaban J connectivity index is 2.10. The molecule has 0 saturated heterocycles. The van der Waals surface area contributed by atoms with E-state index in [1.54, 1.807) is 70.2 Å². The summed E-state index contributed by atoms with van der Waals surface area (Å²) < 4.78 is 49.4. The molecule has 41 heavy (non-hydrogen) atoms. The number of hydrogen-bond acceptors (Lipinski definition) is 5. The van der Waals surface area contributed by atoms with Crippen LogP contribution in [0.1, 0.15) is 45.7 Å². The van der Waals surface area contributed by atoms with E-state index in [9.17, 15) is 22.4 Å². The van der Waals surface area contributed by atoms with Gasteiger partial charge in [-0.15, -0.1) is 0 Å². The standard InChI is InChI=1S/C31H38FN3O5S/c1-7-40-28-15-11-10-14-27(28)35(41(38,39)25-18-16-22(2)17-19-25)21-29(36)34(20-24-12-8-9-13-26(24)32)23(3)30(37)33-31(4,5)6/h8-19,23H,7,20-21H2,1-6H3,(H,33,37). The van der Waals surface area contributed by atoms with Crippen LogP contribution < -0.4 is 14.4 Å². The molecular formula is C31H38FN3O5S. The van der Waals surface area contributed by atoms with E-state index in [-0.39, 0.29) is 35.0 Å². The molecule has 1 atom stereocenters. The fourth-order valence-corrected chi connectivity index (χ4v) is 5.58. The van der Waals surface area contributed by atoms with E-state index >= 15 is 0 Å². The number of hydrogen-bond donors (Lipinski definition) is 1. The molecule has 0 fully saturated rings. The average Bonchev–Trinajstić information content (AvgIpc) is 2.90. The Hall–Kier alpha value is -3.92. The number of carbonyl (C=O) groups is 2. The van der Waals surface area contributed by atoms with Crippen molar-refractivity contribution in [1.82, 2.24) is 10.2 Å². The first-order valence-corrected chi connectivity index (χ1v) is 14.8. The highest BCUT2D eigenvalue weighted by atomic mass is 32.2. The minimum Gasteiger partial charge on any atom is -0.492 e. The number of amides is 2. The molecule has 1 N–H and O–H groups in total. The summed E-state index contributed by atoms with van der Waals surface area (Å²) in [6.45, 7) is 9.94. The van der Waals surface area contributed by atoms with E-state index in [4.69, 9.17) is 4.74 Å². The smallest absolute Gasteiger partial charge is 0.264 e. The number of nitrogens with zero attached hydrogens (tertiary/aromatic N) is 2. The van der Waals surface area contributed by atoms with Gasteiger partial charge >= 0.3 is 0 Å². The molecule has 0 aromatic heterocycles. The quantitative estimate of drug-likeness (QED) is 0.341. The Morgan fingerprint density at radius 2 is 1.59 bits per heavy atom. The van der Waals surface area contributed by atoms with Gasteiger partial charge in [-0.2, -0.15) is 0 Å². The van der Waals surface area contributed by atoms with Gasteiger partial charge in [-0.25, -0.2) is 12.8 Å². The first-order chi connectivity index (χ1) is 19.2. The number of aryl methyl sites for hydroxylation is 1. The molecule has 3 aromatic carbocycles. The zero-order valence-corrected chi connectivity index (χ0v) is 25.2. The Morgan fingerprint density at radius 3 is 2.20 bits per heavy atom. The van der Waals surface area contributed by atoms with Crippen molar-refractivity contribution >= 4 is 27.5 Å². The molecule has 2 amide bonds. The molecule has 0 aliphatic heterocycles. The first-order valence-electron chi connectivity index (χ1n) is 13.4. The lowest BCUT2D eigenvalue weighted by Gasteiger charge is -2.33. The number of ether oxygens (including phenoxy) is 1. The van der Waals surface area contributed by atoms with Crippen molar-refractivity contribution < 1.29 is 27.1 Å². The van der Waals surface area contributed by atoms with Gasteiger partial charge in [-0.3, -0.25) is 13.9 Å². The molecule has 10 heteroatoms. The molecule has 220 valence electrons. The fourth-order valence-electron chi connectivity index (χ4n) is 4.16. The lowest BCUT2D eigenvalue weighted by atomic mass is 10.1. The van der Waals surface area contributed by atoms with E-state index in [1.807, 2.05) is 6.92 Å². The molecule has 0 aliphatic rings. The first kappa shape index (κ1) is 31.6. The number of carbonyl (C=O) groups excluding carboxylic acids is 2. The van der Waals surface area contributed by atoms with Gasteiger partial charge in [0.25, 0.3) is 10.0 Å². The minimum atomic E-state index is -4.26. The second-order valence-electron chi connectivity index (χ2n) is 10.8. The molecule has 0 radical (unpaired) electrons. The van der Waals surface area contributed by atoms with Crippen LogP contribution in [0.2, 0.25) is 0 Å². The zero-order chi connectivity index (χ0) is 30.4. The van der Waals surface area contributed by atoms with Crippen LogP contribution in [-0.4, -0.2) is 49.9 Å². The molecule has 0 spiro atoms. The number of rotatable bonds is 11. The molecule has 3 rings (SSSR count). The second kappa shape index (κ2) is 13.2. The Kier molecular flexibility index (Phi) is 10.1. The van der Waals surface area contributed by atoms with Crippen LogP contribution in [0.3, 0.4) is 0 Å². The Bertz CT molecular complexity index is 1470. The van der Waals surface area contributed by atoms with Gasteiger partial charge in [0.15, 0.2) is 0 Å². The predicted molar refractivity (Wildman–Crippen MR) is 158 cm³/mol. The van der Waals surface area contributed by atoms with Crippen LogP contribution in [0.4, 0.5) is 10.1 Å². The van der Waals surface area contributed by atoms with Gasteiger partial charge in [-0.05, 0) is 71.9 Å². The van der Waals surface area contributed by atoms with E-state index < -0.39 is 45.8 Å². The highest BCUT2D eigenvalue weighted by molar-refractivity contribution is 7.92. The third kappa shape index (κ3) is 8.07. The van der Waals surface area contributed by atoms with Gasteiger partial charge in [0.2, 0.25) is 11.8 Å². The molecule has 0 saturated carbocycles. The summed E-state index contributed by atoms with van der Waals surface area (Å²) in [7, 11) is -4.26. The lowest BCUT2D eigenvalue weighted by molar-refractivity contribution is -0.140. The molecule has 3 aromatic rings. The summed E-state index contributed by atoms with van der Waals surface area (Å²) in [5, 5.41) is 2.85. The molecule has 0 aliphatic carbocycles. The van der Waals surface area contributed by atoms with E-state index in [0.717, 1.165) is 9.87 Å².